The molecule has 2 nitrogen and oxygen atoms in total. The van der Waals surface area contributed by atoms with Crippen LogP contribution >= 0.6 is 15.9 Å². The summed E-state index contributed by atoms with van der Waals surface area (Å²) in [5.41, 5.74) is 2.59. The Morgan fingerprint density at radius 1 is 1.21 bits per heavy atom. The Hall–Kier alpha value is -1.68. The van der Waals surface area contributed by atoms with E-state index in [0.29, 0.717) is 0 Å². The van der Waals surface area contributed by atoms with Crippen molar-refractivity contribution in [3.05, 3.63) is 63.9 Å². The number of carbonyl (C=O) groups excluding carboxylic acids is 1. The Balaban J connectivity index is 2.03. The summed E-state index contributed by atoms with van der Waals surface area (Å²) in [6.07, 6.45) is 0.228. The lowest BCUT2D eigenvalue weighted by atomic mass is 10.1. The highest BCUT2D eigenvalue weighted by molar-refractivity contribution is 9.10. The molecule has 1 amide bonds. The van der Waals surface area contributed by atoms with Gasteiger partial charge in [0.1, 0.15) is 5.82 Å². The number of nitrogens with one attached hydrogen (secondary N) is 1. The number of anilines is 1. The van der Waals surface area contributed by atoms with Gasteiger partial charge >= 0.3 is 0 Å². The van der Waals surface area contributed by atoms with Gasteiger partial charge in [-0.05, 0) is 48.4 Å². The fourth-order valence-corrected chi connectivity index (χ4v) is 2.41. The summed E-state index contributed by atoms with van der Waals surface area (Å²) in [5, 5.41) is 2.82. The first-order chi connectivity index (χ1) is 9.02. The predicted octanol–water partition coefficient (Wildman–Crippen LogP) is 4.08. The molecule has 0 bridgehead atoms. The molecule has 19 heavy (non-hydrogen) atoms. The molecule has 2 aromatic rings. The van der Waals surface area contributed by atoms with Crippen molar-refractivity contribution in [2.24, 2.45) is 0 Å². The molecule has 1 N–H and O–H groups in total. The van der Waals surface area contributed by atoms with E-state index in [1.807, 2.05) is 25.1 Å². The fourth-order valence-electron chi connectivity index (χ4n) is 1.80. The molecule has 0 aliphatic rings. The van der Waals surface area contributed by atoms with Crippen LogP contribution in [0.2, 0.25) is 0 Å². The van der Waals surface area contributed by atoms with Crippen LogP contribution in [0.4, 0.5) is 10.1 Å². The van der Waals surface area contributed by atoms with Gasteiger partial charge in [-0.25, -0.2) is 4.39 Å². The monoisotopic (exact) mass is 321 g/mol. The van der Waals surface area contributed by atoms with Gasteiger partial charge in [0.05, 0.1) is 6.42 Å². The van der Waals surface area contributed by atoms with Crippen LogP contribution in [0.5, 0.6) is 0 Å². The third-order valence-electron chi connectivity index (χ3n) is 2.60. The molecule has 0 aromatic heterocycles. The average Bonchev–Trinajstić information content (AvgIpc) is 2.30. The summed E-state index contributed by atoms with van der Waals surface area (Å²) in [5.74, 6) is -0.420. The second-order valence-corrected chi connectivity index (χ2v) is 5.28. The van der Waals surface area contributed by atoms with Crippen molar-refractivity contribution in [1.29, 1.82) is 0 Å². The maximum absolute atomic E-state index is 12.8. The Morgan fingerprint density at radius 2 is 1.89 bits per heavy atom. The van der Waals surface area contributed by atoms with Crippen LogP contribution in [-0.4, -0.2) is 5.91 Å². The van der Waals surface area contributed by atoms with Gasteiger partial charge in [0.15, 0.2) is 0 Å². The van der Waals surface area contributed by atoms with E-state index in [-0.39, 0.29) is 18.1 Å². The van der Waals surface area contributed by atoms with Gasteiger partial charge < -0.3 is 5.32 Å². The summed E-state index contributed by atoms with van der Waals surface area (Å²) >= 11 is 3.38. The van der Waals surface area contributed by atoms with Crippen molar-refractivity contribution in [2.75, 3.05) is 5.32 Å². The molecule has 0 atom stereocenters. The molecule has 4 heteroatoms. The first-order valence-electron chi connectivity index (χ1n) is 5.84. The minimum absolute atomic E-state index is 0.121. The van der Waals surface area contributed by atoms with E-state index in [1.54, 1.807) is 12.1 Å². The molecule has 2 aromatic carbocycles. The van der Waals surface area contributed by atoms with Crippen molar-refractivity contribution in [1.82, 2.24) is 0 Å². The second-order valence-electron chi connectivity index (χ2n) is 4.37. The van der Waals surface area contributed by atoms with E-state index in [9.17, 15) is 9.18 Å². The van der Waals surface area contributed by atoms with Crippen LogP contribution in [-0.2, 0) is 11.2 Å². The summed E-state index contributed by atoms with van der Waals surface area (Å²) in [4.78, 5) is 11.9. The number of hydrogen-bond acceptors (Lipinski definition) is 1. The van der Waals surface area contributed by atoms with Crippen LogP contribution in [0.3, 0.4) is 0 Å². The Morgan fingerprint density at radius 3 is 2.53 bits per heavy atom. The number of carbonyl (C=O) groups is 1. The Labute approximate surface area is 119 Å². The average molecular weight is 322 g/mol. The maximum atomic E-state index is 12.8. The zero-order valence-corrected chi connectivity index (χ0v) is 12.0. The first-order valence-corrected chi connectivity index (χ1v) is 6.64. The fraction of sp³-hybridized carbons (Fsp3) is 0.133. The summed E-state index contributed by atoms with van der Waals surface area (Å²) < 4.78 is 13.7. The standard InChI is InChI=1S/C15H13BrFNO/c1-10-6-12(16)9-14(7-10)18-15(19)8-11-2-4-13(17)5-3-11/h2-7,9H,8H2,1H3,(H,18,19). The molecule has 0 saturated heterocycles. The normalized spacial score (nSPS) is 10.3. The third-order valence-corrected chi connectivity index (χ3v) is 3.06. The molecular weight excluding hydrogens is 309 g/mol. The molecule has 0 unspecified atom stereocenters. The van der Waals surface area contributed by atoms with Crippen molar-refractivity contribution >= 4 is 27.5 Å². The molecular formula is C15H13BrFNO. The number of aryl methyl sites for hydroxylation is 1. The van der Waals surface area contributed by atoms with E-state index in [4.69, 9.17) is 0 Å². The predicted molar refractivity (Wildman–Crippen MR) is 77.6 cm³/mol. The van der Waals surface area contributed by atoms with Gasteiger partial charge in [-0.1, -0.05) is 28.1 Å². The Bertz CT molecular complexity index is 575. The van der Waals surface area contributed by atoms with Gasteiger partial charge in [0, 0.05) is 10.2 Å². The SMILES string of the molecule is Cc1cc(Br)cc(NC(=O)Cc2ccc(F)cc2)c1. The first kappa shape index (κ1) is 13.7. The summed E-state index contributed by atoms with van der Waals surface area (Å²) in [6, 6.07) is 11.6. The van der Waals surface area contributed by atoms with Crippen LogP contribution in [0.1, 0.15) is 11.1 Å². The minimum Gasteiger partial charge on any atom is -0.326 e. The zero-order chi connectivity index (χ0) is 13.8. The molecule has 2 rings (SSSR count). The molecule has 0 aliphatic heterocycles. The molecule has 0 saturated carbocycles. The van der Waals surface area contributed by atoms with Gasteiger partial charge in [0.2, 0.25) is 5.91 Å². The lowest BCUT2D eigenvalue weighted by Crippen LogP contribution is -2.14. The van der Waals surface area contributed by atoms with Crippen molar-refractivity contribution in [3.63, 3.8) is 0 Å². The lowest BCUT2D eigenvalue weighted by molar-refractivity contribution is -0.115. The van der Waals surface area contributed by atoms with Crippen LogP contribution < -0.4 is 5.32 Å². The molecule has 0 spiro atoms. The zero-order valence-electron chi connectivity index (χ0n) is 10.4. The van der Waals surface area contributed by atoms with Crippen molar-refractivity contribution < 1.29 is 9.18 Å². The van der Waals surface area contributed by atoms with E-state index in [1.165, 1.54) is 12.1 Å². The molecule has 0 aliphatic carbocycles. The van der Waals surface area contributed by atoms with Crippen LogP contribution in [0, 0.1) is 12.7 Å². The van der Waals surface area contributed by atoms with Gasteiger partial charge in [-0.2, -0.15) is 0 Å². The highest BCUT2D eigenvalue weighted by atomic mass is 79.9. The topological polar surface area (TPSA) is 29.1 Å². The molecule has 0 heterocycles. The Kier molecular flexibility index (Phi) is 4.32. The number of amides is 1. The molecule has 0 radical (unpaired) electrons. The third kappa shape index (κ3) is 4.17. The smallest absolute Gasteiger partial charge is 0.228 e. The summed E-state index contributed by atoms with van der Waals surface area (Å²) in [6.45, 7) is 1.96. The highest BCUT2D eigenvalue weighted by Crippen LogP contribution is 2.19. The van der Waals surface area contributed by atoms with Crippen molar-refractivity contribution in [3.8, 4) is 0 Å². The van der Waals surface area contributed by atoms with Gasteiger partial charge in [-0.15, -0.1) is 0 Å². The van der Waals surface area contributed by atoms with Crippen LogP contribution in [0.25, 0.3) is 0 Å². The molecule has 98 valence electrons. The van der Waals surface area contributed by atoms with E-state index < -0.39 is 0 Å². The van der Waals surface area contributed by atoms with E-state index in [2.05, 4.69) is 21.2 Å². The highest BCUT2D eigenvalue weighted by Gasteiger charge is 2.05. The number of rotatable bonds is 3. The quantitative estimate of drug-likeness (QED) is 0.906. The second kappa shape index (κ2) is 5.97. The largest absolute Gasteiger partial charge is 0.326 e. The van der Waals surface area contributed by atoms with Gasteiger partial charge in [0.25, 0.3) is 0 Å². The van der Waals surface area contributed by atoms with E-state index >= 15 is 0 Å². The van der Waals surface area contributed by atoms with E-state index in [0.717, 1.165) is 21.3 Å². The summed E-state index contributed by atoms with van der Waals surface area (Å²) in [7, 11) is 0. The number of hydrogen-bond donors (Lipinski definition) is 1. The number of benzene rings is 2. The minimum atomic E-state index is -0.299. The van der Waals surface area contributed by atoms with Gasteiger partial charge in [-0.3, -0.25) is 4.79 Å². The lowest BCUT2D eigenvalue weighted by Gasteiger charge is -2.07. The molecule has 0 fully saturated rings. The van der Waals surface area contributed by atoms with Crippen LogP contribution in [0.15, 0.2) is 46.9 Å². The van der Waals surface area contributed by atoms with Crippen molar-refractivity contribution in [2.45, 2.75) is 13.3 Å². The maximum Gasteiger partial charge on any atom is 0.228 e. The number of halogens is 2.